The summed E-state index contributed by atoms with van der Waals surface area (Å²) in [5, 5.41) is 2.58. The molecule has 0 saturated heterocycles. The molecule has 0 aliphatic rings. The number of fused-ring (bicyclic) bond motifs is 2. The van der Waals surface area contributed by atoms with Crippen LogP contribution < -0.4 is 0 Å². The first-order chi connectivity index (χ1) is 11.4. The van der Waals surface area contributed by atoms with Crippen LogP contribution in [-0.2, 0) is 5.41 Å². The molecular formula is C21H20N2S. The molecule has 4 rings (SSSR count). The van der Waals surface area contributed by atoms with Crippen molar-refractivity contribution in [2.45, 2.75) is 33.1 Å². The molecule has 0 unspecified atom stereocenters. The van der Waals surface area contributed by atoms with Crippen LogP contribution in [-0.4, -0.2) is 9.97 Å². The van der Waals surface area contributed by atoms with Gasteiger partial charge in [-0.1, -0.05) is 45.0 Å². The van der Waals surface area contributed by atoms with Crippen molar-refractivity contribution in [2.75, 3.05) is 0 Å². The van der Waals surface area contributed by atoms with E-state index in [9.17, 15) is 0 Å². The molecule has 0 radical (unpaired) electrons. The molecule has 0 aliphatic carbocycles. The van der Waals surface area contributed by atoms with Gasteiger partial charge in [-0.25, -0.2) is 9.97 Å². The van der Waals surface area contributed by atoms with Gasteiger partial charge in [-0.3, -0.25) is 0 Å². The number of aromatic nitrogens is 2. The zero-order valence-electron chi connectivity index (χ0n) is 14.4. The SMILES string of the molecule is Cc1cc2ncnc(-c3cc(C(C)(C)C)c4ccccc4c3)c2s1. The van der Waals surface area contributed by atoms with Gasteiger partial charge >= 0.3 is 0 Å². The highest BCUT2D eigenvalue weighted by Crippen LogP contribution is 2.37. The van der Waals surface area contributed by atoms with E-state index in [0.717, 1.165) is 11.2 Å². The zero-order valence-corrected chi connectivity index (χ0v) is 15.2. The average molecular weight is 332 g/mol. The molecule has 0 saturated carbocycles. The molecule has 0 bridgehead atoms. The second kappa shape index (κ2) is 5.38. The predicted octanol–water partition coefficient (Wildman–Crippen LogP) is 6.12. The fourth-order valence-electron chi connectivity index (χ4n) is 3.25. The third-order valence-corrected chi connectivity index (χ3v) is 5.42. The first-order valence-corrected chi connectivity index (χ1v) is 9.00. The lowest BCUT2D eigenvalue weighted by Gasteiger charge is -2.22. The lowest BCUT2D eigenvalue weighted by atomic mass is 9.82. The van der Waals surface area contributed by atoms with Crippen molar-refractivity contribution >= 4 is 32.3 Å². The van der Waals surface area contributed by atoms with Crippen molar-refractivity contribution in [1.82, 2.24) is 9.97 Å². The number of aryl methyl sites for hydroxylation is 1. The Kier molecular flexibility index (Phi) is 3.43. The number of hydrogen-bond donors (Lipinski definition) is 0. The molecule has 24 heavy (non-hydrogen) atoms. The van der Waals surface area contributed by atoms with Crippen LogP contribution in [0.5, 0.6) is 0 Å². The third-order valence-electron chi connectivity index (χ3n) is 4.38. The highest BCUT2D eigenvalue weighted by atomic mass is 32.1. The van der Waals surface area contributed by atoms with Crippen LogP contribution >= 0.6 is 11.3 Å². The Bertz CT molecular complexity index is 1050. The average Bonchev–Trinajstić information content (AvgIpc) is 2.93. The molecule has 2 heterocycles. The smallest absolute Gasteiger partial charge is 0.116 e. The Morgan fingerprint density at radius 2 is 1.75 bits per heavy atom. The van der Waals surface area contributed by atoms with E-state index in [2.05, 4.69) is 80.1 Å². The summed E-state index contributed by atoms with van der Waals surface area (Å²) < 4.78 is 1.17. The molecule has 2 nitrogen and oxygen atoms in total. The van der Waals surface area contributed by atoms with Crippen LogP contribution in [0.3, 0.4) is 0 Å². The molecule has 0 N–H and O–H groups in total. The van der Waals surface area contributed by atoms with Crippen molar-refractivity contribution in [2.24, 2.45) is 0 Å². The molecule has 120 valence electrons. The first kappa shape index (κ1) is 15.3. The fraction of sp³-hybridized carbons (Fsp3) is 0.238. The summed E-state index contributed by atoms with van der Waals surface area (Å²) >= 11 is 1.77. The van der Waals surface area contributed by atoms with Crippen LogP contribution in [0.4, 0.5) is 0 Å². The minimum Gasteiger partial charge on any atom is -0.235 e. The molecule has 0 atom stereocenters. The van der Waals surface area contributed by atoms with Gasteiger partial charge in [-0.2, -0.15) is 0 Å². The molecular weight excluding hydrogens is 312 g/mol. The zero-order chi connectivity index (χ0) is 16.9. The van der Waals surface area contributed by atoms with Gasteiger partial charge in [0.1, 0.15) is 6.33 Å². The number of benzene rings is 2. The lowest BCUT2D eigenvalue weighted by molar-refractivity contribution is 0.596. The van der Waals surface area contributed by atoms with Gasteiger partial charge < -0.3 is 0 Å². The predicted molar refractivity (Wildman–Crippen MR) is 104 cm³/mol. The normalized spacial score (nSPS) is 12.2. The summed E-state index contributed by atoms with van der Waals surface area (Å²) in [6.07, 6.45) is 1.68. The first-order valence-electron chi connectivity index (χ1n) is 8.18. The number of thiophene rings is 1. The summed E-state index contributed by atoms with van der Waals surface area (Å²) in [6.45, 7) is 8.92. The van der Waals surface area contributed by atoms with Gasteiger partial charge in [0, 0.05) is 10.4 Å². The van der Waals surface area contributed by atoms with Gasteiger partial charge in [0.25, 0.3) is 0 Å². The molecule has 0 aliphatic heterocycles. The highest BCUT2D eigenvalue weighted by Gasteiger charge is 2.19. The van der Waals surface area contributed by atoms with Crippen molar-refractivity contribution in [3.8, 4) is 11.3 Å². The topological polar surface area (TPSA) is 25.8 Å². The van der Waals surface area contributed by atoms with Crippen molar-refractivity contribution < 1.29 is 0 Å². The molecule has 2 aromatic heterocycles. The monoisotopic (exact) mass is 332 g/mol. The van der Waals surface area contributed by atoms with E-state index >= 15 is 0 Å². The molecule has 0 spiro atoms. The molecule has 3 heteroatoms. The van der Waals surface area contributed by atoms with E-state index in [1.54, 1.807) is 17.7 Å². The number of hydrogen-bond acceptors (Lipinski definition) is 3. The quantitative estimate of drug-likeness (QED) is 0.420. The van der Waals surface area contributed by atoms with Crippen molar-refractivity contribution in [1.29, 1.82) is 0 Å². The molecule has 4 aromatic rings. The summed E-state index contributed by atoms with van der Waals surface area (Å²) in [6, 6.07) is 15.3. The van der Waals surface area contributed by atoms with E-state index in [-0.39, 0.29) is 5.41 Å². The van der Waals surface area contributed by atoms with Crippen LogP contribution in [0, 0.1) is 6.92 Å². The molecule has 0 fully saturated rings. The van der Waals surface area contributed by atoms with Gasteiger partial charge in [-0.05, 0) is 46.9 Å². The van der Waals surface area contributed by atoms with Gasteiger partial charge in [0.05, 0.1) is 15.9 Å². The van der Waals surface area contributed by atoms with Crippen molar-refractivity contribution in [3.63, 3.8) is 0 Å². The maximum Gasteiger partial charge on any atom is 0.116 e. The minimum atomic E-state index is 0.0765. The van der Waals surface area contributed by atoms with Gasteiger partial charge in [0.2, 0.25) is 0 Å². The van der Waals surface area contributed by atoms with E-state index in [4.69, 9.17) is 0 Å². The summed E-state index contributed by atoms with van der Waals surface area (Å²) in [7, 11) is 0. The maximum atomic E-state index is 4.62. The second-order valence-electron chi connectivity index (χ2n) is 7.29. The van der Waals surface area contributed by atoms with Gasteiger partial charge in [0.15, 0.2) is 0 Å². The maximum absolute atomic E-state index is 4.62. The van der Waals surface area contributed by atoms with Crippen LogP contribution in [0.15, 0.2) is 48.8 Å². The van der Waals surface area contributed by atoms with Crippen LogP contribution in [0.2, 0.25) is 0 Å². The lowest BCUT2D eigenvalue weighted by Crippen LogP contribution is -2.12. The van der Waals surface area contributed by atoms with E-state index in [0.29, 0.717) is 0 Å². The van der Waals surface area contributed by atoms with E-state index in [1.165, 1.54) is 31.5 Å². The Hall–Kier alpha value is -2.26. The Morgan fingerprint density at radius 3 is 2.54 bits per heavy atom. The largest absolute Gasteiger partial charge is 0.235 e. The summed E-state index contributed by atoms with van der Waals surface area (Å²) in [5.41, 5.74) is 4.68. The highest BCUT2D eigenvalue weighted by molar-refractivity contribution is 7.19. The third kappa shape index (κ3) is 2.49. The Labute approximate surface area is 146 Å². The summed E-state index contributed by atoms with van der Waals surface area (Å²) in [4.78, 5) is 10.3. The van der Waals surface area contributed by atoms with Crippen LogP contribution in [0.1, 0.15) is 31.2 Å². The summed E-state index contributed by atoms with van der Waals surface area (Å²) in [5.74, 6) is 0. The number of rotatable bonds is 1. The molecule has 0 amide bonds. The fourth-order valence-corrected chi connectivity index (χ4v) is 4.22. The Morgan fingerprint density at radius 1 is 0.958 bits per heavy atom. The van der Waals surface area contributed by atoms with E-state index in [1.807, 2.05) is 0 Å². The van der Waals surface area contributed by atoms with Crippen LogP contribution in [0.25, 0.3) is 32.2 Å². The standard InChI is InChI=1S/C21H20N2S/c1-13-9-18-20(24-13)19(23-12-22-18)15-10-14-7-5-6-8-16(14)17(11-15)21(2,3)4/h5-12H,1-4H3. The molecule has 2 aromatic carbocycles. The van der Waals surface area contributed by atoms with E-state index < -0.39 is 0 Å². The van der Waals surface area contributed by atoms with Crippen molar-refractivity contribution in [3.05, 3.63) is 59.2 Å². The van der Waals surface area contributed by atoms with Gasteiger partial charge in [-0.15, -0.1) is 11.3 Å². The second-order valence-corrected chi connectivity index (χ2v) is 8.54. The minimum absolute atomic E-state index is 0.0765. The Balaban J connectivity index is 2.06. The number of nitrogens with zero attached hydrogens (tertiary/aromatic N) is 2.